The molecule has 7 heteroatoms. The zero-order chi connectivity index (χ0) is 18.8. The minimum atomic E-state index is -0.462. The molecule has 0 aliphatic heterocycles. The highest BCUT2D eigenvalue weighted by Gasteiger charge is 2.27. The number of benzene rings is 1. The molecular formula is C19H22BrN3O2S. The Hall–Kier alpha value is -1.70. The molecule has 0 radical (unpaired) electrons. The van der Waals surface area contributed by atoms with E-state index >= 15 is 0 Å². The van der Waals surface area contributed by atoms with E-state index in [1.165, 1.54) is 16.2 Å². The van der Waals surface area contributed by atoms with E-state index < -0.39 is 5.91 Å². The second-order valence-electron chi connectivity index (χ2n) is 6.63. The second-order valence-corrected chi connectivity index (χ2v) is 8.65. The number of likely N-dealkylation sites (N-methyl/N-ethyl adjacent to an activating group) is 1. The van der Waals surface area contributed by atoms with E-state index in [0.717, 1.165) is 34.9 Å². The van der Waals surface area contributed by atoms with Gasteiger partial charge in [-0.2, -0.15) is 0 Å². The molecule has 0 bridgehead atoms. The molecule has 138 valence electrons. The molecule has 1 aliphatic rings. The molecule has 1 aromatic carbocycles. The normalized spacial score (nSPS) is 14.3. The molecule has 1 aromatic heterocycles. The Labute approximate surface area is 165 Å². The number of primary amides is 1. The molecule has 26 heavy (non-hydrogen) atoms. The number of hydrogen-bond donors (Lipinski definition) is 2. The Morgan fingerprint density at radius 1 is 1.31 bits per heavy atom. The summed E-state index contributed by atoms with van der Waals surface area (Å²) in [5, 5.41) is 3.52. The predicted octanol–water partition coefficient (Wildman–Crippen LogP) is 3.56. The van der Waals surface area contributed by atoms with Crippen molar-refractivity contribution in [3.8, 4) is 0 Å². The maximum Gasteiger partial charge on any atom is 0.251 e. The van der Waals surface area contributed by atoms with Gasteiger partial charge in [-0.3, -0.25) is 14.5 Å². The number of carbonyl (C=O) groups excluding carboxylic acids is 2. The lowest BCUT2D eigenvalue weighted by Crippen LogP contribution is -2.39. The third-order valence-electron chi connectivity index (χ3n) is 4.79. The highest BCUT2D eigenvalue weighted by atomic mass is 79.9. The first-order valence-corrected chi connectivity index (χ1v) is 10.2. The number of fused-ring (bicyclic) bond motifs is 1. The van der Waals surface area contributed by atoms with Gasteiger partial charge in [-0.15, -0.1) is 11.3 Å². The fourth-order valence-corrected chi connectivity index (χ4v) is 4.75. The molecule has 1 atom stereocenters. The van der Waals surface area contributed by atoms with Crippen molar-refractivity contribution in [2.45, 2.75) is 38.8 Å². The van der Waals surface area contributed by atoms with Crippen molar-refractivity contribution in [1.82, 2.24) is 4.90 Å². The fourth-order valence-electron chi connectivity index (χ4n) is 3.18. The van der Waals surface area contributed by atoms with Gasteiger partial charge in [0.05, 0.1) is 11.6 Å². The van der Waals surface area contributed by atoms with Gasteiger partial charge in [-0.05, 0) is 56.5 Å². The maximum atomic E-state index is 12.7. The van der Waals surface area contributed by atoms with E-state index in [9.17, 15) is 9.59 Å². The molecule has 2 amide bonds. The van der Waals surface area contributed by atoms with E-state index in [0.29, 0.717) is 17.1 Å². The van der Waals surface area contributed by atoms with Gasteiger partial charge in [0, 0.05) is 15.9 Å². The van der Waals surface area contributed by atoms with Crippen molar-refractivity contribution in [2.75, 3.05) is 12.4 Å². The summed E-state index contributed by atoms with van der Waals surface area (Å²) in [5.74, 6) is -0.595. The topological polar surface area (TPSA) is 75.4 Å². The third-order valence-corrected chi connectivity index (χ3v) is 6.53. The molecule has 5 nitrogen and oxygen atoms in total. The number of halogens is 1. The molecule has 1 heterocycles. The van der Waals surface area contributed by atoms with E-state index in [-0.39, 0.29) is 11.9 Å². The second kappa shape index (κ2) is 7.90. The molecule has 0 saturated carbocycles. The number of thiophene rings is 1. The van der Waals surface area contributed by atoms with Crippen molar-refractivity contribution >= 4 is 44.1 Å². The average molecular weight is 436 g/mol. The minimum Gasteiger partial charge on any atom is -0.365 e. The average Bonchev–Trinajstić information content (AvgIpc) is 3.16. The summed E-state index contributed by atoms with van der Waals surface area (Å²) < 4.78 is 1.03. The predicted molar refractivity (Wildman–Crippen MR) is 109 cm³/mol. The number of aryl methyl sites for hydroxylation is 1. The van der Waals surface area contributed by atoms with Gasteiger partial charge in [-0.1, -0.05) is 28.1 Å². The fraction of sp³-hybridized carbons (Fsp3) is 0.368. The van der Waals surface area contributed by atoms with Gasteiger partial charge in [-0.25, -0.2) is 0 Å². The van der Waals surface area contributed by atoms with Gasteiger partial charge in [0.1, 0.15) is 5.00 Å². The van der Waals surface area contributed by atoms with E-state index in [2.05, 4.69) is 21.2 Å². The van der Waals surface area contributed by atoms with Gasteiger partial charge in [0.25, 0.3) is 5.91 Å². The highest BCUT2D eigenvalue weighted by molar-refractivity contribution is 9.10. The smallest absolute Gasteiger partial charge is 0.251 e. The quantitative estimate of drug-likeness (QED) is 0.727. The number of nitrogens with one attached hydrogen (secondary N) is 1. The lowest BCUT2D eigenvalue weighted by molar-refractivity contribution is -0.120. The van der Waals surface area contributed by atoms with Gasteiger partial charge >= 0.3 is 0 Å². The minimum absolute atomic E-state index is 0.132. The van der Waals surface area contributed by atoms with Crippen LogP contribution in [0, 0.1) is 0 Å². The Balaban J connectivity index is 1.69. The molecule has 0 saturated heterocycles. The number of rotatable bonds is 6. The first-order chi connectivity index (χ1) is 12.4. The maximum absolute atomic E-state index is 12.7. The van der Waals surface area contributed by atoms with Gasteiger partial charge < -0.3 is 11.1 Å². The van der Waals surface area contributed by atoms with Crippen LogP contribution in [0.25, 0.3) is 0 Å². The zero-order valence-corrected chi connectivity index (χ0v) is 17.2. The number of amides is 2. The molecular weight excluding hydrogens is 414 g/mol. The Morgan fingerprint density at radius 3 is 2.65 bits per heavy atom. The van der Waals surface area contributed by atoms with Crippen LogP contribution >= 0.6 is 27.3 Å². The standard InChI is InChI=1S/C19H22BrN3O2S/c1-11(23(2)10-12-6-8-13(20)9-7-12)18(25)22-19-16(17(21)24)14-4-3-5-15(14)26-19/h6-9,11H,3-5,10H2,1-2H3,(H2,21,24)(H,22,25)/t11-/m0/s1. The molecule has 2 aromatic rings. The summed E-state index contributed by atoms with van der Waals surface area (Å²) in [5.41, 5.74) is 8.21. The number of nitrogens with zero attached hydrogens (tertiary/aromatic N) is 1. The van der Waals surface area contributed by atoms with Gasteiger partial charge in [0.15, 0.2) is 0 Å². The van der Waals surface area contributed by atoms with Gasteiger partial charge in [0.2, 0.25) is 5.91 Å². The molecule has 0 unspecified atom stereocenters. The zero-order valence-electron chi connectivity index (χ0n) is 14.8. The molecule has 0 fully saturated rings. The van der Waals surface area contributed by atoms with Crippen LogP contribution in [0.5, 0.6) is 0 Å². The van der Waals surface area contributed by atoms with E-state index in [1.54, 1.807) is 0 Å². The van der Waals surface area contributed by atoms with Crippen LogP contribution in [0.2, 0.25) is 0 Å². The first kappa shape index (κ1) is 19.1. The number of nitrogens with two attached hydrogens (primary N) is 1. The summed E-state index contributed by atoms with van der Waals surface area (Å²) in [6.45, 7) is 2.52. The van der Waals surface area contributed by atoms with Crippen molar-refractivity contribution in [3.05, 3.63) is 50.3 Å². The monoisotopic (exact) mass is 435 g/mol. The summed E-state index contributed by atoms with van der Waals surface area (Å²) in [6, 6.07) is 7.69. The third kappa shape index (κ3) is 4.00. The van der Waals surface area contributed by atoms with Crippen molar-refractivity contribution in [1.29, 1.82) is 0 Å². The van der Waals surface area contributed by atoms with Crippen LogP contribution in [0.15, 0.2) is 28.7 Å². The lowest BCUT2D eigenvalue weighted by atomic mass is 10.1. The Kier molecular flexibility index (Phi) is 5.79. The van der Waals surface area contributed by atoms with Crippen molar-refractivity contribution in [2.24, 2.45) is 5.73 Å². The van der Waals surface area contributed by atoms with Crippen LogP contribution in [-0.2, 0) is 24.2 Å². The summed E-state index contributed by atoms with van der Waals surface area (Å²) in [4.78, 5) is 27.7. The first-order valence-electron chi connectivity index (χ1n) is 8.56. The van der Waals surface area contributed by atoms with Crippen LogP contribution in [-0.4, -0.2) is 29.8 Å². The number of carbonyl (C=O) groups is 2. The number of hydrogen-bond acceptors (Lipinski definition) is 4. The molecule has 3 rings (SSSR count). The Morgan fingerprint density at radius 2 is 2.00 bits per heavy atom. The molecule has 1 aliphatic carbocycles. The van der Waals surface area contributed by atoms with E-state index in [1.807, 2.05) is 43.1 Å². The lowest BCUT2D eigenvalue weighted by Gasteiger charge is -2.24. The number of anilines is 1. The molecule has 0 spiro atoms. The largest absolute Gasteiger partial charge is 0.365 e. The summed E-state index contributed by atoms with van der Waals surface area (Å²) >= 11 is 4.91. The van der Waals surface area contributed by atoms with Crippen LogP contribution in [0.3, 0.4) is 0 Å². The summed E-state index contributed by atoms with van der Waals surface area (Å²) in [6.07, 6.45) is 2.86. The summed E-state index contributed by atoms with van der Waals surface area (Å²) in [7, 11) is 1.91. The molecule has 3 N–H and O–H groups in total. The van der Waals surface area contributed by atoms with Crippen molar-refractivity contribution in [3.63, 3.8) is 0 Å². The SMILES string of the molecule is C[C@@H](C(=O)Nc1sc2c(c1C(N)=O)CCC2)N(C)Cc1ccc(Br)cc1. The van der Waals surface area contributed by atoms with Crippen LogP contribution in [0.4, 0.5) is 5.00 Å². The van der Waals surface area contributed by atoms with Crippen LogP contribution in [0.1, 0.15) is 39.7 Å². The Bertz CT molecular complexity index is 832. The van der Waals surface area contributed by atoms with E-state index in [4.69, 9.17) is 5.73 Å². The highest BCUT2D eigenvalue weighted by Crippen LogP contribution is 2.38. The van der Waals surface area contributed by atoms with Crippen LogP contribution < -0.4 is 11.1 Å². The van der Waals surface area contributed by atoms with Crippen molar-refractivity contribution < 1.29 is 9.59 Å².